The van der Waals surface area contributed by atoms with Crippen molar-refractivity contribution in [1.82, 2.24) is 5.32 Å². The minimum absolute atomic E-state index is 0.183. The Labute approximate surface area is 159 Å². The van der Waals surface area contributed by atoms with Crippen LogP contribution in [0.4, 0.5) is 0 Å². The lowest BCUT2D eigenvalue weighted by Gasteiger charge is -2.11. The molecule has 2 rings (SSSR count). The molecular formula is C21H25NO5. The molecule has 1 N–H and O–H groups in total. The second-order valence-corrected chi connectivity index (χ2v) is 5.75. The summed E-state index contributed by atoms with van der Waals surface area (Å²) in [5.41, 5.74) is 0.988. The zero-order valence-electron chi connectivity index (χ0n) is 15.5. The Hall–Kier alpha value is -3.02. The molecule has 1 amide bonds. The van der Waals surface area contributed by atoms with Crippen molar-refractivity contribution in [2.45, 2.75) is 26.3 Å². The Balaban J connectivity index is 1.59. The smallest absolute Gasteiger partial charge is 0.306 e. The van der Waals surface area contributed by atoms with Gasteiger partial charge in [0, 0.05) is 13.0 Å². The van der Waals surface area contributed by atoms with Crippen LogP contribution in [0.15, 0.2) is 54.6 Å². The van der Waals surface area contributed by atoms with E-state index >= 15 is 0 Å². The zero-order chi connectivity index (χ0) is 19.3. The molecule has 6 nitrogen and oxygen atoms in total. The van der Waals surface area contributed by atoms with Gasteiger partial charge in [-0.15, -0.1) is 0 Å². The van der Waals surface area contributed by atoms with Gasteiger partial charge in [0.2, 0.25) is 0 Å². The second-order valence-electron chi connectivity index (χ2n) is 5.75. The quantitative estimate of drug-likeness (QED) is 0.485. The van der Waals surface area contributed by atoms with E-state index < -0.39 is 5.97 Å². The average molecular weight is 371 g/mol. The number of ether oxygens (including phenoxy) is 3. The molecule has 0 aliphatic rings. The summed E-state index contributed by atoms with van der Waals surface area (Å²) in [7, 11) is 0. The Bertz CT molecular complexity index is 718. The van der Waals surface area contributed by atoms with Crippen molar-refractivity contribution in [1.29, 1.82) is 0 Å². The van der Waals surface area contributed by atoms with Crippen molar-refractivity contribution < 1.29 is 23.8 Å². The lowest BCUT2D eigenvalue weighted by molar-refractivity contribution is -0.148. The van der Waals surface area contributed by atoms with E-state index in [9.17, 15) is 9.59 Å². The van der Waals surface area contributed by atoms with Gasteiger partial charge in [0.15, 0.2) is 18.1 Å². The summed E-state index contributed by atoms with van der Waals surface area (Å²) in [6.07, 6.45) is 0.674. The molecule has 0 saturated carbocycles. The molecule has 2 aromatic carbocycles. The van der Waals surface area contributed by atoms with E-state index in [2.05, 4.69) is 5.32 Å². The highest BCUT2D eigenvalue weighted by Gasteiger charge is 2.08. The van der Waals surface area contributed by atoms with E-state index in [1.165, 1.54) is 0 Å². The Morgan fingerprint density at radius 2 is 1.59 bits per heavy atom. The summed E-state index contributed by atoms with van der Waals surface area (Å²) in [5, 5.41) is 2.71. The van der Waals surface area contributed by atoms with Crippen LogP contribution in [0.3, 0.4) is 0 Å². The number of benzene rings is 2. The van der Waals surface area contributed by atoms with Crippen molar-refractivity contribution in [2.24, 2.45) is 0 Å². The molecule has 144 valence electrons. The number of hydrogen-bond donors (Lipinski definition) is 1. The molecule has 0 atom stereocenters. The number of nitrogens with one attached hydrogen (secondary N) is 1. The van der Waals surface area contributed by atoms with E-state index in [0.29, 0.717) is 37.7 Å². The third-order valence-electron chi connectivity index (χ3n) is 3.63. The highest BCUT2D eigenvalue weighted by Crippen LogP contribution is 2.26. The minimum Gasteiger partial charge on any atom is -0.490 e. The molecule has 2 aromatic rings. The molecule has 0 spiro atoms. The van der Waals surface area contributed by atoms with Crippen LogP contribution < -0.4 is 14.8 Å². The van der Waals surface area contributed by atoms with Crippen molar-refractivity contribution >= 4 is 11.9 Å². The highest BCUT2D eigenvalue weighted by atomic mass is 16.5. The molecule has 0 aliphatic carbocycles. The van der Waals surface area contributed by atoms with Crippen LogP contribution in [0.5, 0.6) is 11.5 Å². The maximum Gasteiger partial charge on any atom is 0.306 e. The van der Waals surface area contributed by atoms with Gasteiger partial charge >= 0.3 is 5.97 Å². The topological polar surface area (TPSA) is 73.9 Å². The van der Waals surface area contributed by atoms with Gasteiger partial charge in [-0.25, -0.2) is 0 Å². The second kappa shape index (κ2) is 11.6. The van der Waals surface area contributed by atoms with E-state index in [1.807, 2.05) is 61.5 Å². The fourth-order valence-electron chi connectivity index (χ4n) is 2.31. The van der Waals surface area contributed by atoms with Crippen LogP contribution in [-0.4, -0.2) is 31.7 Å². The largest absolute Gasteiger partial charge is 0.490 e. The Kier molecular flexibility index (Phi) is 8.69. The van der Waals surface area contributed by atoms with Crippen molar-refractivity contribution in [2.75, 3.05) is 19.8 Å². The van der Waals surface area contributed by atoms with Gasteiger partial charge < -0.3 is 19.5 Å². The number of para-hydroxylation sites is 2. The fourth-order valence-corrected chi connectivity index (χ4v) is 2.31. The normalized spacial score (nSPS) is 10.1. The minimum atomic E-state index is -0.424. The van der Waals surface area contributed by atoms with Crippen LogP contribution >= 0.6 is 0 Å². The van der Waals surface area contributed by atoms with Gasteiger partial charge in [0.25, 0.3) is 5.91 Å². The van der Waals surface area contributed by atoms with Crippen molar-refractivity contribution in [3.63, 3.8) is 0 Å². The molecule has 0 unspecified atom stereocenters. The first-order chi connectivity index (χ1) is 13.2. The predicted octanol–water partition coefficient (Wildman–Crippen LogP) is 3.10. The molecule has 6 heteroatoms. The van der Waals surface area contributed by atoms with Gasteiger partial charge in [-0.3, -0.25) is 9.59 Å². The van der Waals surface area contributed by atoms with E-state index in [0.717, 1.165) is 5.56 Å². The molecule has 0 fully saturated rings. The van der Waals surface area contributed by atoms with Crippen LogP contribution in [-0.2, 0) is 20.9 Å². The first-order valence-corrected chi connectivity index (χ1v) is 9.00. The molecule has 0 bridgehead atoms. The first-order valence-electron chi connectivity index (χ1n) is 9.00. The van der Waals surface area contributed by atoms with E-state index in [-0.39, 0.29) is 18.9 Å². The molecule has 0 aromatic heterocycles. The lowest BCUT2D eigenvalue weighted by atomic mass is 10.2. The van der Waals surface area contributed by atoms with Crippen molar-refractivity contribution in [3.05, 3.63) is 60.2 Å². The summed E-state index contributed by atoms with van der Waals surface area (Å²) >= 11 is 0. The molecular weight excluding hydrogens is 346 g/mol. The third-order valence-corrected chi connectivity index (χ3v) is 3.63. The molecule has 27 heavy (non-hydrogen) atoms. The van der Waals surface area contributed by atoms with E-state index in [1.54, 1.807) is 0 Å². The standard InChI is InChI=1S/C21H25NO5/c1-2-25-18-11-6-7-12-19(18)26-14-8-13-21(24)27-16-20(23)22-15-17-9-4-3-5-10-17/h3-7,9-12H,2,8,13-16H2,1H3,(H,22,23). The molecule has 0 radical (unpaired) electrons. The summed E-state index contributed by atoms with van der Waals surface area (Å²) in [6.45, 7) is 2.95. The van der Waals surface area contributed by atoms with Gasteiger partial charge in [-0.05, 0) is 31.0 Å². The SMILES string of the molecule is CCOc1ccccc1OCCCC(=O)OCC(=O)NCc1ccccc1. The lowest BCUT2D eigenvalue weighted by Crippen LogP contribution is -2.28. The fraction of sp³-hybridized carbons (Fsp3) is 0.333. The number of carbonyl (C=O) groups excluding carboxylic acids is 2. The van der Waals surface area contributed by atoms with Gasteiger partial charge in [-0.2, -0.15) is 0 Å². The maximum atomic E-state index is 11.7. The Morgan fingerprint density at radius 3 is 2.30 bits per heavy atom. The molecule has 0 aliphatic heterocycles. The van der Waals surface area contributed by atoms with Crippen molar-refractivity contribution in [3.8, 4) is 11.5 Å². The van der Waals surface area contributed by atoms with Crippen LogP contribution in [0.2, 0.25) is 0 Å². The number of esters is 1. The first kappa shape index (κ1) is 20.3. The van der Waals surface area contributed by atoms with Gasteiger partial charge in [0.05, 0.1) is 13.2 Å². The van der Waals surface area contributed by atoms with Crippen LogP contribution in [0, 0.1) is 0 Å². The summed E-state index contributed by atoms with van der Waals surface area (Å²) in [6, 6.07) is 16.9. The van der Waals surface area contributed by atoms with Gasteiger partial charge in [-0.1, -0.05) is 42.5 Å². The maximum absolute atomic E-state index is 11.7. The predicted molar refractivity (Wildman–Crippen MR) is 102 cm³/mol. The monoisotopic (exact) mass is 371 g/mol. The number of carbonyl (C=O) groups is 2. The van der Waals surface area contributed by atoms with Gasteiger partial charge in [0.1, 0.15) is 0 Å². The van der Waals surface area contributed by atoms with Crippen LogP contribution in [0.1, 0.15) is 25.3 Å². The average Bonchev–Trinajstić information content (AvgIpc) is 2.70. The number of amides is 1. The Morgan fingerprint density at radius 1 is 0.926 bits per heavy atom. The highest BCUT2D eigenvalue weighted by molar-refractivity contribution is 5.80. The molecule has 0 heterocycles. The summed E-state index contributed by atoms with van der Waals surface area (Å²) in [4.78, 5) is 23.4. The number of hydrogen-bond acceptors (Lipinski definition) is 5. The van der Waals surface area contributed by atoms with Crippen LogP contribution in [0.25, 0.3) is 0 Å². The zero-order valence-corrected chi connectivity index (χ0v) is 15.5. The number of rotatable bonds is 11. The molecule has 0 saturated heterocycles. The third kappa shape index (κ3) is 7.81. The summed E-state index contributed by atoms with van der Waals surface area (Å²) in [5.74, 6) is 0.575. The van der Waals surface area contributed by atoms with E-state index in [4.69, 9.17) is 14.2 Å². The summed E-state index contributed by atoms with van der Waals surface area (Å²) < 4.78 is 16.1.